The minimum Gasteiger partial charge on any atom is -0.369 e. The minimum absolute atomic E-state index is 0.542. The second-order valence-corrected chi connectivity index (χ2v) is 3.63. The van der Waals surface area contributed by atoms with Crippen LogP contribution in [0.1, 0.15) is 18.2 Å². The first-order valence-corrected chi connectivity index (χ1v) is 5.11. The SMILES string of the molecule is CCc1cccc(-n2cc(C)nc2N)c1. The predicted octanol–water partition coefficient (Wildman–Crippen LogP) is 2.33. The molecule has 0 aliphatic rings. The van der Waals surface area contributed by atoms with E-state index in [-0.39, 0.29) is 0 Å². The Hall–Kier alpha value is -1.77. The number of imidazole rings is 1. The molecule has 0 fully saturated rings. The fourth-order valence-corrected chi connectivity index (χ4v) is 1.65. The van der Waals surface area contributed by atoms with Crippen LogP contribution in [0.25, 0.3) is 5.69 Å². The van der Waals surface area contributed by atoms with Gasteiger partial charge in [0.2, 0.25) is 5.95 Å². The Kier molecular flexibility index (Phi) is 2.46. The quantitative estimate of drug-likeness (QED) is 0.810. The van der Waals surface area contributed by atoms with E-state index in [1.165, 1.54) is 5.56 Å². The monoisotopic (exact) mass is 201 g/mol. The van der Waals surface area contributed by atoms with Crippen molar-refractivity contribution in [3.8, 4) is 5.69 Å². The molecule has 2 rings (SSSR count). The van der Waals surface area contributed by atoms with Crippen molar-refractivity contribution in [2.45, 2.75) is 20.3 Å². The lowest BCUT2D eigenvalue weighted by molar-refractivity contribution is 1.05. The number of nitrogens with two attached hydrogens (primary N) is 1. The number of aromatic nitrogens is 2. The van der Waals surface area contributed by atoms with E-state index in [4.69, 9.17) is 5.73 Å². The van der Waals surface area contributed by atoms with Gasteiger partial charge in [0.25, 0.3) is 0 Å². The molecule has 2 N–H and O–H groups in total. The normalized spacial score (nSPS) is 10.5. The van der Waals surface area contributed by atoms with E-state index in [9.17, 15) is 0 Å². The van der Waals surface area contributed by atoms with Crippen LogP contribution in [0, 0.1) is 6.92 Å². The van der Waals surface area contributed by atoms with Crippen LogP contribution in [-0.2, 0) is 6.42 Å². The third-order valence-corrected chi connectivity index (χ3v) is 2.45. The molecular weight excluding hydrogens is 186 g/mol. The van der Waals surface area contributed by atoms with Gasteiger partial charge < -0.3 is 5.73 Å². The molecule has 1 aromatic carbocycles. The van der Waals surface area contributed by atoms with Crippen molar-refractivity contribution in [2.24, 2.45) is 0 Å². The van der Waals surface area contributed by atoms with Gasteiger partial charge in [0.15, 0.2) is 0 Å². The smallest absolute Gasteiger partial charge is 0.205 e. The zero-order valence-corrected chi connectivity index (χ0v) is 9.07. The molecule has 1 aromatic heterocycles. The van der Waals surface area contributed by atoms with Gasteiger partial charge >= 0.3 is 0 Å². The summed E-state index contributed by atoms with van der Waals surface area (Å²) in [5.41, 5.74) is 9.14. The molecule has 3 nitrogen and oxygen atoms in total. The fourth-order valence-electron chi connectivity index (χ4n) is 1.65. The maximum Gasteiger partial charge on any atom is 0.205 e. The van der Waals surface area contributed by atoms with E-state index >= 15 is 0 Å². The summed E-state index contributed by atoms with van der Waals surface area (Å²) in [4.78, 5) is 4.18. The van der Waals surface area contributed by atoms with Gasteiger partial charge in [0.1, 0.15) is 0 Å². The Bertz CT molecular complexity index is 471. The Morgan fingerprint density at radius 3 is 2.80 bits per heavy atom. The van der Waals surface area contributed by atoms with Crippen LogP contribution in [0.2, 0.25) is 0 Å². The number of nitrogens with zero attached hydrogens (tertiary/aromatic N) is 2. The Labute approximate surface area is 89.6 Å². The number of hydrogen-bond acceptors (Lipinski definition) is 2. The first kappa shape index (κ1) is 9.77. The van der Waals surface area contributed by atoms with Gasteiger partial charge in [-0.05, 0) is 31.0 Å². The van der Waals surface area contributed by atoms with E-state index < -0.39 is 0 Å². The molecule has 0 amide bonds. The lowest BCUT2D eigenvalue weighted by atomic mass is 10.1. The van der Waals surface area contributed by atoms with Gasteiger partial charge in [-0.1, -0.05) is 19.1 Å². The summed E-state index contributed by atoms with van der Waals surface area (Å²) < 4.78 is 1.91. The van der Waals surface area contributed by atoms with Crippen LogP contribution in [0.5, 0.6) is 0 Å². The Morgan fingerprint density at radius 2 is 2.20 bits per heavy atom. The highest BCUT2D eigenvalue weighted by Crippen LogP contribution is 2.15. The third-order valence-electron chi connectivity index (χ3n) is 2.45. The van der Waals surface area contributed by atoms with Crippen LogP contribution < -0.4 is 5.73 Å². The second kappa shape index (κ2) is 3.77. The number of rotatable bonds is 2. The van der Waals surface area contributed by atoms with Crippen molar-refractivity contribution in [2.75, 3.05) is 5.73 Å². The molecule has 78 valence electrons. The first-order chi connectivity index (χ1) is 7.20. The molecule has 0 bridgehead atoms. The summed E-state index contributed by atoms with van der Waals surface area (Å²) in [5.74, 6) is 0.542. The van der Waals surface area contributed by atoms with Crippen molar-refractivity contribution >= 4 is 5.95 Å². The van der Waals surface area contributed by atoms with Crippen molar-refractivity contribution in [3.05, 3.63) is 41.7 Å². The maximum atomic E-state index is 5.82. The van der Waals surface area contributed by atoms with Crippen molar-refractivity contribution in [3.63, 3.8) is 0 Å². The number of nitrogen functional groups attached to an aromatic ring is 1. The molecule has 0 atom stereocenters. The van der Waals surface area contributed by atoms with Crippen LogP contribution in [0.15, 0.2) is 30.5 Å². The molecule has 0 radical (unpaired) electrons. The van der Waals surface area contributed by atoms with Crippen molar-refractivity contribution < 1.29 is 0 Å². The molecular formula is C12H15N3. The topological polar surface area (TPSA) is 43.8 Å². The average Bonchev–Trinajstić information content (AvgIpc) is 2.58. The van der Waals surface area contributed by atoms with Gasteiger partial charge in [-0.2, -0.15) is 0 Å². The van der Waals surface area contributed by atoms with Crippen LogP contribution >= 0.6 is 0 Å². The van der Waals surface area contributed by atoms with Gasteiger partial charge in [0, 0.05) is 11.9 Å². The minimum atomic E-state index is 0.542. The molecule has 0 unspecified atom stereocenters. The highest BCUT2D eigenvalue weighted by atomic mass is 15.1. The van der Waals surface area contributed by atoms with E-state index in [2.05, 4.69) is 24.0 Å². The lowest BCUT2D eigenvalue weighted by Gasteiger charge is -2.05. The molecule has 0 aliphatic heterocycles. The van der Waals surface area contributed by atoms with Gasteiger partial charge in [-0.25, -0.2) is 4.98 Å². The van der Waals surface area contributed by atoms with E-state index in [1.54, 1.807) is 0 Å². The molecule has 0 saturated heterocycles. The lowest BCUT2D eigenvalue weighted by Crippen LogP contribution is -1.99. The first-order valence-electron chi connectivity index (χ1n) is 5.11. The number of anilines is 1. The number of benzene rings is 1. The molecule has 1 heterocycles. The molecule has 15 heavy (non-hydrogen) atoms. The molecule has 3 heteroatoms. The summed E-state index contributed by atoms with van der Waals surface area (Å²) in [6.45, 7) is 4.08. The molecule has 0 saturated carbocycles. The van der Waals surface area contributed by atoms with Crippen molar-refractivity contribution in [1.29, 1.82) is 0 Å². The van der Waals surface area contributed by atoms with Crippen LogP contribution in [-0.4, -0.2) is 9.55 Å². The fraction of sp³-hybridized carbons (Fsp3) is 0.250. The Morgan fingerprint density at radius 1 is 1.40 bits per heavy atom. The zero-order chi connectivity index (χ0) is 10.8. The summed E-state index contributed by atoms with van der Waals surface area (Å²) in [6, 6.07) is 8.33. The van der Waals surface area contributed by atoms with E-state index in [0.29, 0.717) is 5.95 Å². The van der Waals surface area contributed by atoms with Crippen LogP contribution in [0.4, 0.5) is 5.95 Å². The maximum absolute atomic E-state index is 5.82. The molecule has 0 spiro atoms. The van der Waals surface area contributed by atoms with E-state index in [1.807, 2.05) is 29.8 Å². The number of hydrogen-bond donors (Lipinski definition) is 1. The number of aryl methyl sites for hydroxylation is 2. The van der Waals surface area contributed by atoms with Gasteiger partial charge in [-0.15, -0.1) is 0 Å². The second-order valence-electron chi connectivity index (χ2n) is 3.63. The highest BCUT2D eigenvalue weighted by molar-refractivity contribution is 5.42. The summed E-state index contributed by atoms with van der Waals surface area (Å²) in [5, 5.41) is 0. The average molecular weight is 201 g/mol. The summed E-state index contributed by atoms with van der Waals surface area (Å²) >= 11 is 0. The molecule has 2 aromatic rings. The highest BCUT2D eigenvalue weighted by Gasteiger charge is 2.03. The van der Waals surface area contributed by atoms with Gasteiger partial charge in [0.05, 0.1) is 5.69 Å². The standard InChI is InChI=1S/C12H15N3/c1-3-10-5-4-6-11(7-10)15-8-9(2)14-12(15)13/h4-8H,3H2,1-2H3,(H2,13,14). The third kappa shape index (κ3) is 1.86. The molecule has 0 aliphatic carbocycles. The summed E-state index contributed by atoms with van der Waals surface area (Å²) in [7, 11) is 0. The largest absolute Gasteiger partial charge is 0.369 e. The Balaban J connectivity index is 2.49. The summed E-state index contributed by atoms with van der Waals surface area (Å²) in [6.07, 6.45) is 2.98. The zero-order valence-electron chi connectivity index (χ0n) is 9.07. The van der Waals surface area contributed by atoms with Crippen LogP contribution in [0.3, 0.4) is 0 Å². The van der Waals surface area contributed by atoms with E-state index in [0.717, 1.165) is 17.8 Å². The van der Waals surface area contributed by atoms with Gasteiger partial charge in [-0.3, -0.25) is 4.57 Å². The van der Waals surface area contributed by atoms with Crippen molar-refractivity contribution in [1.82, 2.24) is 9.55 Å². The predicted molar refractivity (Wildman–Crippen MR) is 62.1 cm³/mol.